The van der Waals surface area contributed by atoms with E-state index in [1.54, 1.807) is 0 Å². The van der Waals surface area contributed by atoms with Gasteiger partial charge in [-0.25, -0.2) is 13.2 Å². The fraction of sp³-hybridized carbons (Fsp3) is 0.556. The van der Waals surface area contributed by atoms with E-state index < -0.39 is 16.1 Å². The Labute approximate surface area is 110 Å². The number of nitrogens with zero attached hydrogens (tertiary/aromatic N) is 3. The first-order valence-corrected chi connectivity index (χ1v) is 7.02. The number of piperazine rings is 1. The van der Waals surface area contributed by atoms with Gasteiger partial charge in [0.1, 0.15) is 10.7 Å². The molecule has 9 nitrogen and oxygen atoms in total. The van der Waals surface area contributed by atoms with Gasteiger partial charge < -0.3 is 15.4 Å². The predicted molar refractivity (Wildman–Crippen MR) is 65.7 cm³/mol. The van der Waals surface area contributed by atoms with Crippen molar-refractivity contribution in [1.29, 1.82) is 0 Å². The summed E-state index contributed by atoms with van der Waals surface area (Å²) in [5.41, 5.74) is 5.52. The largest absolute Gasteiger partial charge is 0.453 e. The van der Waals surface area contributed by atoms with Crippen LogP contribution in [0.1, 0.15) is 0 Å². The van der Waals surface area contributed by atoms with Crippen LogP contribution < -0.4 is 5.73 Å². The number of carbonyl (C=O) groups excluding carboxylic acids is 1. The molecular formula is C9H15N5O4S. The van der Waals surface area contributed by atoms with Crippen LogP contribution in [0.3, 0.4) is 0 Å². The Kier molecular flexibility index (Phi) is 3.62. The second-order valence-electron chi connectivity index (χ2n) is 4.01. The maximum absolute atomic E-state index is 12.3. The lowest BCUT2D eigenvalue weighted by Crippen LogP contribution is -2.50. The third kappa shape index (κ3) is 2.49. The minimum atomic E-state index is -3.67. The molecule has 0 spiro atoms. The molecule has 1 aromatic rings. The van der Waals surface area contributed by atoms with Gasteiger partial charge in [-0.05, 0) is 0 Å². The van der Waals surface area contributed by atoms with E-state index in [4.69, 9.17) is 5.73 Å². The minimum absolute atomic E-state index is 0.00963. The van der Waals surface area contributed by atoms with Gasteiger partial charge in [0, 0.05) is 26.2 Å². The zero-order chi connectivity index (χ0) is 14.0. The van der Waals surface area contributed by atoms with E-state index in [9.17, 15) is 13.2 Å². The summed E-state index contributed by atoms with van der Waals surface area (Å²) < 4.78 is 30.4. The molecule has 0 saturated carbocycles. The standard InChI is InChI=1S/C9H15N5O4S/c1-18-9(15)13-2-4-14(5-3-13)19(16,17)7-6-11-12-8(7)10/h6H,2-5H2,1H3,(H3,10,11,12). The number of sulfonamides is 1. The van der Waals surface area contributed by atoms with Gasteiger partial charge in [0.15, 0.2) is 0 Å². The van der Waals surface area contributed by atoms with Crippen LogP contribution in [0.2, 0.25) is 0 Å². The van der Waals surface area contributed by atoms with Crippen LogP contribution in [0, 0.1) is 0 Å². The molecule has 106 valence electrons. The molecular weight excluding hydrogens is 274 g/mol. The first-order chi connectivity index (χ1) is 8.96. The van der Waals surface area contributed by atoms with E-state index in [1.165, 1.54) is 22.5 Å². The van der Waals surface area contributed by atoms with Gasteiger partial charge in [0.2, 0.25) is 10.0 Å². The average Bonchev–Trinajstić information content (AvgIpc) is 2.85. The third-order valence-corrected chi connectivity index (χ3v) is 4.85. The van der Waals surface area contributed by atoms with E-state index in [-0.39, 0.29) is 36.9 Å². The minimum Gasteiger partial charge on any atom is -0.453 e. The molecule has 0 radical (unpaired) electrons. The highest BCUT2D eigenvalue weighted by molar-refractivity contribution is 7.89. The number of hydrogen-bond donors (Lipinski definition) is 2. The smallest absolute Gasteiger partial charge is 0.409 e. The van der Waals surface area contributed by atoms with Gasteiger partial charge in [0.05, 0.1) is 13.3 Å². The number of ether oxygens (including phenoxy) is 1. The fourth-order valence-electron chi connectivity index (χ4n) is 1.87. The van der Waals surface area contributed by atoms with E-state index in [0.717, 1.165) is 0 Å². The molecule has 0 atom stereocenters. The number of amides is 1. The molecule has 1 amide bonds. The molecule has 1 fully saturated rings. The summed E-state index contributed by atoms with van der Waals surface area (Å²) in [4.78, 5) is 12.7. The lowest BCUT2D eigenvalue weighted by molar-refractivity contribution is 0.108. The van der Waals surface area contributed by atoms with Crippen LogP contribution in [-0.4, -0.2) is 67.2 Å². The maximum Gasteiger partial charge on any atom is 0.409 e. The number of H-pyrrole nitrogens is 1. The van der Waals surface area contributed by atoms with Gasteiger partial charge in [-0.3, -0.25) is 5.10 Å². The Hall–Kier alpha value is -1.81. The summed E-state index contributed by atoms with van der Waals surface area (Å²) in [6.45, 7) is 0.956. The number of nitrogen functional groups attached to an aromatic ring is 1. The predicted octanol–water partition coefficient (Wildman–Crippen LogP) is -0.935. The van der Waals surface area contributed by atoms with Crippen LogP contribution in [0.25, 0.3) is 0 Å². The number of aromatic nitrogens is 2. The van der Waals surface area contributed by atoms with Gasteiger partial charge >= 0.3 is 6.09 Å². The van der Waals surface area contributed by atoms with E-state index in [0.29, 0.717) is 0 Å². The Morgan fingerprint density at radius 2 is 2.05 bits per heavy atom. The summed E-state index contributed by atoms with van der Waals surface area (Å²) in [6.07, 6.45) is 0.719. The fourth-order valence-corrected chi connectivity index (χ4v) is 3.30. The van der Waals surface area contributed by atoms with Crippen molar-refractivity contribution in [2.75, 3.05) is 39.0 Å². The Balaban J connectivity index is 2.10. The highest BCUT2D eigenvalue weighted by Crippen LogP contribution is 2.21. The monoisotopic (exact) mass is 289 g/mol. The highest BCUT2D eigenvalue weighted by atomic mass is 32.2. The summed E-state index contributed by atoms with van der Waals surface area (Å²) in [7, 11) is -2.38. The molecule has 3 N–H and O–H groups in total. The van der Waals surface area contributed by atoms with Crippen molar-refractivity contribution in [2.45, 2.75) is 4.90 Å². The molecule has 2 rings (SSSR count). The molecule has 0 unspecified atom stereocenters. The molecule has 1 aliphatic rings. The number of nitrogens with one attached hydrogen (secondary N) is 1. The second-order valence-corrected chi connectivity index (χ2v) is 5.92. The molecule has 0 bridgehead atoms. The van der Waals surface area contributed by atoms with Crippen molar-refractivity contribution in [3.8, 4) is 0 Å². The van der Waals surface area contributed by atoms with Crippen molar-refractivity contribution >= 4 is 21.9 Å². The number of nitrogens with two attached hydrogens (primary N) is 1. The van der Waals surface area contributed by atoms with Crippen LogP contribution >= 0.6 is 0 Å². The maximum atomic E-state index is 12.3. The van der Waals surface area contributed by atoms with Gasteiger partial charge in [0.25, 0.3) is 0 Å². The van der Waals surface area contributed by atoms with Crippen LogP contribution in [-0.2, 0) is 14.8 Å². The summed E-state index contributed by atoms with van der Waals surface area (Å²) in [6, 6.07) is 0. The first-order valence-electron chi connectivity index (χ1n) is 5.58. The molecule has 1 aromatic heterocycles. The number of hydrogen-bond acceptors (Lipinski definition) is 6. The SMILES string of the molecule is COC(=O)N1CCN(S(=O)(=O)c2cn[nH]c2N)CC1. The Morgan fingerprint density at radius 3 is 2.53 bits per heavy atom. The number of carbonyl (C=O) groups is 1. The highest BCUT2D eigenvalue weighted by Gasteiger charge is 2.32. The summed E-state index contributed by atoms with van der Waals surface area (Å²) in [5, 5.41) is 5.99. The number of anilines is 1. The Morgan fingerprint density at radius 1 is 1.42 bits per heavy atom. The van der Waals surface area contributed by atoms with Crippen LogP contribution in [0.4, 0.5) is 10.6 Å². The average molecular weight is 289 g/mol. The normalized spacial score (nSPS) is 17.4. The van der Waals surface area contributed by atoms with Crippen molar-refractivity contribution in [3.63, 3.8) is 0 Å². The van der Waals surface area contributed by atoms with E-state index in [1.807, 2.05) is 0 Å². The molecule has 19 heavy (non-hydrogen) atoms. The summed E-state index contributed by atoms with van der Waals surface area (Å²) >= 11 is 0. The third-order valence-electron chi connectivity index (χ3n) is 2.92. The van der Waals surface area contributed by atoms with Gasteiger partial charge in [-0.15, -0.1) is 0 Å². The topological polar surface area (TPSA) is 122 Å². The molecule has 2 heterocycles. The molecule has 0 aromatic carbocycles. The lowest BCUT2D eigenvalue weighted by atomic mass is 10.4. The van der Waals surface area contributed by atoms with Crippen molar-refractivity contribution in [2.24, 2.45) is 0 Å². The summed E-state index contributed by atoms with van der Waals surface area (Å²) in [5.74, 6) is 0.00963. The van der Waals surface area contributed by atoms with Gasteiger partial charge in [-0.2, -0.15) is 9.40 Å². The Bertz CT molecular complexity index is 561. The first kappa shape index (κ1) is 13.6. The number of aromatic amines is 1. The van der Waals surface area contributed by atoms with Crippen molar-refractivity contribution in [3.05, 3.63) is 6.20 Å². The van der Waals surface area contributed by atoms with Crippen molar-refractivity contribution in [1.82, 2.24) is 19.4 Å². The number of methoxy groups -OCH3 is 1. The van der Waals surface area contributed by atoms with Crippen LogP contribution in [0.5, 0.6) is 0 Å². The second kappa shape index (κ2) is 5.05. The quantitative estimate of drug-likeness (QED) is 0.725. The van der Waals surface area contributed by atoms with Crippen molar-refractivity contribution < 1.29 is 17.9 Å². The zero-order valence-corrected chi connectivity index (χ0v) is 11.2. The zero-order valence-electron chi connectivity index (χ0n) is 10.4. The lowest BCUT2D eigenvalue weighted by Gasteiger charge is -2.32. The molecule has 0 aliphatic carbocycles. The van der Waals surface area contributed by atoms with Crippen LogP contribution in [0.15, 0.2) is 11.1 Å². The molecule has 10 heteroatoms. The molecule has 1 saturated heterocycles. The molecule has 1 aliphatic heterocycles. The number of rotatable bonds is 2. The van der Waals surface area contributed by atoms with E-state index in [2.05, 4.69) is 14.9 Å². The van der Waals surface area contributed by atoms with E-state index >= 15 is 0 Å². The van der Waals surface area contributed by atoms with Gasteiger partial charge in [-0.1, -0.05) is 0 Å².